The van der Waals surface area contributed by atoms with Crippen LogP contribution in [-0.2, 0) is 6.54 Å². The van der Waals surface area contributed by atoms with Gasteiger partial charge in [0.15, 0.2) is 11.6 Å². The summed E-state index contributed by atoms with van der Waals surface area (Å²) in [4.78, 5) is 0. The van der Waals surface area contributed by atoms with Gasteiger partial charge in [0.05, 0.1) is 12.2 Å². The normalized spacial score (nSPS) is 10.8. The van der Waals surface area contributed by atoms with Crippen LogP contribution in [0.4, 0.5) is 8.78 Å². The molecule has 0 N–H and O–H groups in total. The topological polar surface area (TPSA) is 43.9 Å². The van der Waals surface area contributed by atoms with Gasteiger partial charge in [0.2, 0.25) is 0 Å². The van der Waals surface area contributed by atoms with Crippen molar-refractivity contribution in [1.29, 1.82) is 0 Å². The highest BCUT2D eigenvalue weighted by atomic mass is 19.2. The van der Waals surface area contributed by atoms with Gasteiger partial charge in [0.1, 0.15) is 12.0 Å². The summed E-state index contributed by atoms with van der Waals surface area (Å²) in [6, 6.07) is 7.48. The summed E-state index contributed by atoms with van der Waals surface area (Å²) in [5, 5.41) is 7.88. The highest BCUT2D eigenvalue weighted by molar-refractivity contribution is 5.52. The number of rotatable bonds is 3. The Hall–Kier alpha value is -2.50. The fourth-order valence-corrected chi connectivity index (χ4v) is 1.85. The third-order valence-corrected chi connectivity index (χ3v) is 2.77. The molecule has 0 unspecified atom stereocenters. The molecular weight excluding hydrogens is 252 g/mol. The van der Waals surface area contributed by atoms with Crippen LogP contribution in [0.1, 0.15) is 5.56 Å². The summed E-state index contributed by atoms with van der Waals surface area (Å²) in [6.45, 7) is 0.124. The van der Waals surface area contributed by atoms with Crippen LogP contribution < -0.4 is 0 Å². The molecule has 0 saturated heterocycles. The Kier molecular flexibility index (Phi) is 2.83. The minimum atomic E-state index is -0.868. The highest BCUT2D eigenvalue weighted by Gasteiger charge is 2.12. The van der Waals surface area contributed by atoms with Gasteiger partial charge in [-0.3, -0.25) is 4.68 Å². The molecule has 0 radical (unpaired) electrons. The van der Waals surface area contributed by atoms with Gasteiger partial charge in [-0.1, -0.05) is 17.3 Å². The maximum absolute atomic E-state index is 13.6. The predicted molar refractivity (Wildman–Crippen MR) is 63.2 cm³/mol. The largest absolute Gasteiger partial charge is 0.364 e. The molecule has 0 saturated carbocycles. The summed E-state index contributed by atoms with van der Waals surface area (Å²) in [7, 11) is 0. The maximum Gasteiger partial charge on any atom is 0.163 e. The quantitative estimate of drug-likeness (QED) is 0.728. The number of aromatic nitrogens is 3. The molecule has 0 aliphatic rings. The lowest BCUT2D eigenvalue weighted by atomic mass is 10.2. The van der Waals surface area contributed by atoms with Crippen LogP contribution in [0.25, 0.3) is 11.4 Å². The molecule has 3 rings (SSSR count). The average molecular weight is 261 g/mol. The lowest BCUT2D eigenvalue weighted by molar-refractivity contribution is 0.421. The standard InChI is InChI=1S/C13H9F2N3O/c14-10-3-1-2-9(13(10)15)8-18-12(4-6-16-18)11-5-7-19-17-11/h1-7H,8H2. The molecule has 96 valence electrons. The van der Waals surface area contributed by atoms with Gasteiger partial charge in [0.25, 0.3) is 0 Å². The second-order valence-corrected chi connectivity index (χ2v) is 3.97. The summed E-state index contributed by atoms with van der Waals surface area (Å²) < 4.78 is 33.1. The SMILES string of the molecule is Fc1cccc(Cn2nccc2-c2ccon2)c1F. The van der Waals surface area contributed by atoms with Crippen molar-refractivity contribution < 1.29 is 13.3 Å². The van der Waals surface area contributed by atoms with Crippen molar-refractivity contribution in [1.82, 2.24) is 14.9 Å². The molecule has 0 aliphatic carbocycles. The van der Waals surface area contributed by atoms with Crippen LogP contribution in [0, 0.1) is 11.6 Å². The Morgan fingerprint density at radius 3 is 2.84 bits per heavy atom. The lowest BCUT2D eigenvalue weighted by Gasteiger charge is -2.07. The smallest absolute Gasteiger partial charge is 0.163 e. The Morgan fingerprint density at radius 1 is 1.16 bits per heavy atom. The minimum Gasteiger partial charge on any atom is -0.364 e. The van der Waals surface area contributed by atoms with E-state index >= 15 is 0 Å². The van der Waals surface area contributed by atoms with Crippen LogP contribution in [0.3, 0.4) is 0 Å². The van der Waals surface area contributed by atoms with Crippen molar-refractivity contribution in [2.24, 2.45) is 0 Å². The molecular formula is C13H9F2N3O. The van der Waals surface area contributed by atoms with E-state index in [2.05, 4.69) is 10.3 Å². The molecule has 0 aliphatic heterocycles. The van der Waals surface area contributed by atoms with Crippen LogP contribution in [-0.4, -0.2) is 14.9 Å². The van der Waals surface area contributed by atoms with Gasteiger partial charge < -0.3 is 4.52 Å². The van der Waals surface area contributed by atoms with Gasteiger partial charge >= 0.3 is 0 Å². The Bertz CT molecular complexity index is 692. The maximum atomic E-state index is 13.6. The van der Waals surface area contributed by atoms with E-state index in [0.717, 1.165) is 6.07 Å². The van der Waals surface area contributed by atoms with E-state index in [1.54, 1.807) is 18.3 Å². The zero-order valence-corrected chi connectivity index (χ0v) is 9.75. The second-order valence-electron chi connectivity index (χ2n) is 3.97. The summed E-state index contributed by atoms with van der Waals surface area (Å²) in [6.07, 6.45) is 3.01. The van der Waals surface area contributed by atoms with E-state index in [9.17, 15) is 8.78 Å². The average Bonchev–Trinajstić information content (AvgIpc) is 3.05. The highest BCUT2D eigenvalue weighted by Crippen LogP contribution is 2.19. The Balaban J connectivity index is 1.97. The fourth-order valence-electron chi connectivity index (χ4n) is 1.85. The van der Waals surface area contributed by atoms with Crippen molar-refractivity contribution in [2.75, 3.05) is 0 Å². The monoisotopic (exact) mass is 261 g/mol. The summed E-state index contributed by atoms with van der Waals surface area (Å²) in [5.74, 6) is -1.73. The van der Waals surface area contributed by atoms with E-state index < -0.39 is 11.6 Å². The number of hydrogen-bond acceptors (Lipinski definition) is 3. The van der Waals surface area contributed by atoms with E-state index in [1.165, 1.54) is 23.1 Å². The van der Waals surface area contributed by atoms with Crippen molar-refractivity contribution in [3.63, 3.8) is 0 Å². The van der Waals surface area contributed by atoms with E-state index in [4.69, 9.17) is 4.52 Å². The first-order valence-electron chi connectivity index (χ1n) is 5.61. The molecule has 3 aromatic rings. The summed E-state index contributed by atoms with van der Waals surface area (Å²) >= 11 is 0. The molecule has 2 heterocycles. The first kappa shape index (κ1) is 11.6. The van der Waals surface area contributed by atoms with Crippen molar-refractivity contribution in [3.8, 4) is 11.4 Å². The molecule has 19 heavy (non-hydrogen) atoms. The Labute approximate surface area is 107 Å². The minimum absolute atomic E-state index is 0.124. The van der Waals surface area contributed by atoms with Crippen LogP contribution in [0.5, 0.6) is 0 Å². The lowest BCUT2D eigenvalue weighted by Crippen LogP contribution is -2.06. The zero-order chi connectivity index (χ0) is 13.2. The van der Waals surface area contributed by atoms with Gasteiger partial charge in [-0.25, -0.2) is 8.78 Å². The van der Waals surface area contributed by atoms with Crippen LogP contribution >= 0.6 is 0 Å². The van der Waals surface area contributed by atoms with Gasteiger partial charge in [0, 0.05) is 17.8 Å². The fraction of sp³-hybridized carbons (Fsp3) is 0.0769. The Morgan fingerprint density at radius 2 is 2.05 bits per heavy atom. The van der Waals surface area contributed by atoms with Gasteiger partial charge in [-0.2, -0.15) is 5.10 Å². The number of benzene rings is 1. The molecule has 0 atom stereocenters. The summed E-state index contributed by atoms with van der Waals surface area (Å²) in [5.41, 5.74) is 1.50. The van der Waals surface area contributed by atoms with Gasteiger partial charge in [-0.05, 0) is 12.1 Å². The first-order chi connectivity index (χ1) is 9.25. The van der Waals surface area contributed by atoms with E-state index in [1.807, 2.05) is 0 Å². The zero-order valence-electron chi connectivity index (χ0n) is 9.75. The third-order valence-electron chi connectivity index (χ3n) is 2.77. The molecule has 0 spiro atoms. The van der Waals surface area contributed by atoms with E-state index in [-0.39, 0.29) is 12.1 Å². The van der Waals surface area contributed by atoms with Crippen molar-refractivity contribution in [3.05, 3.63) is 60.0 Å². The molecule has 1 aromatic carbocycles. The first-order valence-corrected chi connectivity index (χ1v) is 5.61. The second kappa shape index (κ2) is 4.64. The molecule has 2 aromatic heterocycles. The third kappa shape index (κ3) is 2.12. The van der Waals surface area contributed by atoms with Crippen LogP contribution in [0.15, 0.2) is 47.3 Å². The van der Waals surface area contributed by atoms with Gasteiger partial charge in [-0.15, -0.1) is 0 Å². The molecule has 4 nitrogen and oxygen atoms in total. The van der Waals surface area contributed by atoms with E-state index in [0.29, 0.717) is 11.4 Å². The number of halogens is 2. The molecule has 0 fully saturated rings. The van der Waals surface area contributed by atoms with Crippen molar-refractivity contribution in [2.45, 2.75) is 6.54 Å². The molecule has 6 heteroatoms. The number of nitrogens with zero attached hydrogens (tertiary/aromatic N) is 3. The van der Waals surface area contributed by atoms with Crippen LogP contribution in [0.2, 0.25) is 0 Å². The molecule has 0 bridgehead atoms. The predicted octanol–water partition coefficient (Wildman–Crippen LogP) is 2.86. The number of hydrogen-bond donors (Lipinski definition) is 0. The molecule has 0 amide bonds. The van der Waals surface area contributed by atoms with Crippen molar-refractivity contribution >= 4 is 0 Å².